The number of carbonyl (C=O) groups excluding carboxylic acids is 4. The summed E-state index contributed by atoms with van der Waals surface area (Å²) in [5.41, 5.74) is 3.83. The summed E-state index contributed by atoms with van der Waals surface area (Å²) >= 11 is 0. The summed E-state index contributed by atoms with van der Waals surface area (Å²) in [6.45, 7) is 1.06. The molecule has 0 radical (unpaired) electrons. The van der Waals surface area contributed by atoms with E-state index in [1.54, 1.807) is 24.4 Å². The predicted molar refractivity (Wildman–Crippen MR) is 114 cm³/mol. The van der Waals surface area contributed by atoms with Gasteiger partial charge < -0.3 is 15.0 Å². The monoisotopic (exact) mass is 418 g/mol. The fourth-order valence-corrected chi connectivity index (χ4v) is 3.92. The Morgan fingerprint density at radius 1 is 1.13 bits per heavy atom. The van der Waals surface area contributed by atoms with Crippen LogP contribution in [0.25, 0.3) is 6.08 Å². The van der Waals surface area contributed by atoms with Crippen LogP contribution in [0.3, 0.4) is 0 Å². The topological polar surface area (TPSA) is 92.8 Å². The van der Waals surface area contributed by atoms with Crippen LogP contribution < -0.4 is 5.32 Å². The van der Waals surface area contributed by atoms with Crippen molar-refractivity contribution in [3.05, 3.63) is 70.9 Å². The van der Waals surface area contributed by atoms with Gasteiger partial charge in [0.15, 0.2) is 12.4 Å². The van der Waals surface area contributed by atoms with E-state index in [1.807, 2.05) is 30.3 Å². The molecule has 0 saturated carbocycles. The number of fused-ring (bicyclic) bond motifs is 2. The fraction of sp³-hybridized carbons (Fsp3) is 0.250. The van der Waals surface area contributed by atoms with Gasteiger partial charge in [-0.3, -0.25) is 19.2 Å². The summed E-state index contributed by atoms with van der Waals surface area (Å²) in [4.78, 5) is 50.0. The predicted octanol–water partition coefficient (Wildman–Crippen LogP) is 3.26. The van der Waals surface area contributed by atoms with E-state index >= 15 is 0 Å². The number of anilines is 1. The Morgan fingerprint density at radius 3 is 2.74 bits per heavy atom. The van der Waals surface area contributed by atoms with E-state index in [2.05, 4.69) is 5.32 Å². The van der Waals surface area contributed by atoms with Gasteiger partial charge in [0.2, 0.25) is 11.8 Å². The van der Waals surface area contributed by atoms with Gasteiger partial charge in [-0.05, 0) is 47.4 Å². The zero-order valence-corrected chi connectivity index (χ0v) is 17.1. The van der Waals surface area contributed by atoms with Crippen LogP contribution in [0.5, 0.6) is 0 Å². The summed E-state index contributed by atoms with van der Waals surface area (Å²) < 4.78 is 5.24. The maximum Gasteiger partial charge on any atom is 0.308 e. The van der Waals surface area contributed by atoms with Gasteiger partial charge in [0.25, 0.3) is 0 Å². The number of rotatable bonds is 5. The lowest BCUT2D eigenvalue weighted by Crippen LogP contribution is -2.32. The zero-order valence-electron chi connectivity index (χ0n) is 17.1. The van der Waals surface area contributed by atoms with E-state index in [4.69, 9.17) is 4.74 Å². The van der Waals surface area contributed by atoms with Gasteiger partial charge in [-0.15, -0.1) is 0 Å². The maximum atomic E-state index is 12.5. The Bertz CT molecular complexity index is 1100. The van der Waals surface area contributed by atoms with Gasteiger partial charge >= 0.3 is 5.97 Å². The molecule has 0 unspecified atom stereocenters. The molecule has 0 fully saturated rings. The van der Waals surface area contributed by atoms with E-state index in [1.165, 1.54) is 11.8 Å². The zero-order chi connectivity index (χ0) is 22.0. The molecule has 0 saturated heterocycles. The number of ether oxygens (including phenoxy) is 1. The maximum absolute atomic E-state index is 12.5. The van der Waals surface area contributed by atoms with Crippen molar-refractivity contribution in [3.63, 3.8) is 0 Å². The number of hydrogen-bond acceptors (Lipinski definition) is 5. The van der Waals surface area contributed by atoms with Crippen LogP contribution in [0.1, 0.15) is 52.9 Å². The third-order valence-corrected chi connectivity index (χ3v) is 5.52. The van der Waals surface area contributed by atoms with Gasteiger partial charge in [-0.2, -0.15) is 0 Å². The average molecular weight is 418 g/mol. The van der Waals surface area contributed by atoms with Crippen molar-refractivity contribution in [2.24, 2.45) is 0 Å². The first kappa shape index (κ1) is 20.5. The summed E-state index contributed by atoms with van der Waals surface area (Å²) in [5, 5.41) is 2.77. The third kappa shape index (κ3) is 4.40. The molecular formula is C24H22N2O5. The van der Waals surface area contributed by atoms with E-state index in [0.717, 1.165) is 16.7 Å². The van der Waals surface area contributed by atoms with Crippen LogP contribution in [-0.4, -0.2) is 35.1 Å². The highest BCUT2D eigenvalue weighted by atomic mass is 16.5. The summed E-state index contributed by atoms with van der Waals surface area (Å²) in [7, 11) is 0. The normalized spacial score (nSPS) is 16.7. The van der Waals surface area contributed by atoms with Crippen molar-refractivity contribution in [1.29, 1.82) is 0 Å². The molecule has 2 aliphatic rings. The molecule has 7 heteroatoms. The lowest BCUT2D eigenvalue weighted by atomic mass is 9.94. The highest BCUT2D eigenvalue weighted by molar-refractivity contribution is 6.00. The van der Waals surface area contributed by atoms with Crippen molar-refractivity contribution >= 4 is 35.3 Å². The molecular weight excluding hydrogens is 396 g/mol. The smallest absolute Gasteiger partial charge is 0.308 e. The molecule has 2 aromatic rings. The van der Waals surface area contributed by atoms with Gasteiger partial charge in [-0.1, -0.05) is 24.3 Å². The van der Waals surface area contributed by atoms with E-state index in [0.29, 0.717) is 24.1 Å². The quantitative estimate of drug-likeness (QED) is 0.594. The molecule has 0 bridgehead atoms. The first-order valence-corrected chi connectivity index (χ1v) is 10.1. The first-order valence-electron chi connectivity index (χ1n) is 10.1. The number of nitrogens with zero attached hydrogens (tertiary/aromatic N) is 1. The molecule has 4 rings (SSSR count). The standard InChI is InChI=1S/C24H22N2O5/c1-15(27)26-11-10-16-4-2-3-5-19(16)21(26)13-24(30)31-14-22(28)18-6-8-20-17(12-18)7-9-23(29)25-20/h2-6,8,10-12,21H,7,9,13-14H2,1H3,(H,25,29)/t21-/m0/s1. The van der Waals surface area contributed by atoms with Crippen LogP contribution in [-0.2, 0) is 25.5 Å². The molecule has 0 aliphatic carbocycles. The highest BCUT2D eigenvalue weighted by Crippen LogP contribution is 2.33. The molecule has 31 heavy (non-hydrogen) atoms. The third-order valence-electron chi connectivity index (χ3n) is 5.52. The highest BCUT2D eigenvalue weighted by Gasteiger charge is 2.29. The van der Waals surface area contributed by atoms with Gasteiger partial charge in [0.05, 0.1) is 12.5 Å². The summed E-state index contributed by atoms with van der Waals surface area (Å²) in [6, 6.07) is 12.1. The molecule has 2 aliphatic heterocycles. The van der Waals surface area contributed by atoms with E-state index < -0.39 is 12.0 Å². The number of Topliss-reactive ketones (excluding diaryl/α,β-unsaturated/α-hetero) is 1. The minimum Gasteiger partial charge on any atom is -0.457 e. The first-order chi connectivity index (χ1) is 14.9. The fourth-order valence-electron chi connectivity index (χ4n) is 3.92. The second-order valence-electron chi connectivity index (χ2n) is 7.59. The Kier molecular flexibility index (Phi) is 5.66. The number of aryl methyl sites for hydroxylation is 1. The lowest BCUT2D eigenvalue weighted by Gasteiger charge is -2.32. The SMILES string of the molecule is CC(=O)N1C=Cc2ccccc2[C@@H]1CC(=O)OCC(=O)c1ccc2c(c1)CCC(=O)N2. The van der Waals surface area contributed by atoms with Crippen molar-refractivity contribution in [1.82, 2.24) is 4.90 Å². The average Bonchev–Trinajstić information content (AvgIpc) is 2.77. The lowest BCUT2D eigenvalue weighted by molar-refractivity contribution is -0.144. The summed E-state index contributed by atoms with van der Waals surface area (Å²) in [5.74, 6) is -1.10. The van der Waals surface area contributed by atoms with Crippen molar-refractivity contribution in [3.8, 4) is 0 Å². The molecule has 1 atom stereocenters. The van der Waals surface area contributed by atoms with Crippen LogP contribution in [0.15, 0.2) is 48.7 Å². The Labute approximate surface area is 179 Å². The number of hydrogen-bond donors (Lipinski definition) is 1. The van der Waals surface area contributed by atoms with Crippen molar-refractivity contribution in [2.75, 3.05) is 11.9 Å². The molecule has 1 N–H and O–H groups in total. The second kappa shape index (κ2) is 8.55. The van der Waals surface area contributed by atoms with Crippen LogP contribution in [0.4, 0.5) is 5.69 Å². The van der Waals surface area contributed by atoms with E-state index in [9.17, 15) is 19.2 Å². The minimum atomic E-state index is -0.556. The Morgan fingerprint density at radius 2 is 1.94 bits per heavy atom. The largest absolute Gasteiger partial charge is 0.457 e. The number of nitrogens with one attached hydrogen (secondary N) is 1. The summed E-state index contributed by atoms with van der Waals surface area (Å²) in [6.07, 6.45) is 4.39. The minimum absolute atomic E-state index is 0.0424. The molecule has 2 aromatic carbocycles. The number of benzene rings is 2. The Balaban J connectivity index is 1.41. The van der Waals surface area contributed by atoms with Crippen molar-refractivity contribution < 1.29 is 23.9 Å². The molecule has 158 valence electrons. The van der Waals surface area contributed by atoms with Gasteiger partial charge in [0, 0.05) is 30.8 Å². The Hall–Kier alpha value is -3.74. The molecule has 2 heterocycles. The van der Waals surface area contributed by atoms with Crippen LogP contribution in [0.2, 0.25) is 0 Å². The van der Waals surface area contributed by atoms with Gasteiger partial charge in [-0.25, -0.2) is 0 Å². The van der Waals surface area contributed by atoms with Crippen LogP contribution in [0, 0.1) is 0 Å². The van der Waals surface area contributed by atoms with Crippen LogP contribution >= 0.6 is 0 Å². The number of carbonyl (C=O) groups is 4. The van der Waals surface area contributed by atoms with Crippen molar-refractivity contribution in [2.45, 2.75) is 32.2 Å². The molecule has 7 nitrogen and oxygen atoms in total. The number of amides is 2. The molecule has 0 spiro atoms. The number of ketones is 1. The number of esters is 1. The van der Waals surface area contributed by atoms with Gasteiger partial charge in [0.1, 0.15) is 0 Å². The molecule has 0 aromatic heterocycles. The van der Waals surface area contributed by atoms with E-state index in [-0.39, 0.29) is 30.6 Å². The second-order valence-corrected chi connectivity index (χ2v) is 7.59. The molecule has 2 amide bonds.